The lowest BCUT2D eigenvalue weighted by atomic mass is 10.6. The molecule has 4 heteroatoms. The summed E-state index contributed by atoms with van der Waals surface area (Å²) in [6.07, 6.45) is 1.52. The molecule has 0 aromatic carbocycles. The van der Waals surface area contributed by atoms with Crippen LogP contribution in [0.1, 0.15) is 0 Å². The Morgan fingerprint density at radius 1 is 1.78 bits per heavy atom. The monoisotopic (exact) mass is 128 g/mol. The van der Waals surface area contributed by atoms with Crippen molar-refractivity contribution in [1.82, 2.24) is 9.78 Å². The fourth-order valence-electron chi connectivity index (χ4n) is 0.587. The quantitative estimate of drug-likeness (QED) is 0.565. The van der Waals surface area contributed by atoms with Gasteiger partial charge in [-0.1, -0.05) is 0 Å². The van der Waals surface area contributed by atoms with Crippen LogP contribution in [0.5, 0.6) is 5.75 Å². The molecule has 0 saturated carbocycles. The fraction of sp³-hybridized carbons (Fsp3) is 0.400. The lowest BCUT2D eigenvalue weighted by Gasteiger charge is -1.86. The number of methoxy groups -OCH3 is 1. The number of aromatic amines is 1. The van der Waals surface area contributed by atoms with Crippen molar-refractivity contribution in [3.05, 3.63) is 16.6 Å². The maximum absolute atomic E-state index is 10.8. The molecule has 0 atom stereocenters. The third kappa shape index (κ3) is 0.826. The second-order valence-electron chi connectivity index (χ2n) is 1.71. The SMILES string of the molecule is COc1c[nH]n(C)c1=O. The lowest BCUT2D eigenvalue weighted by molar-refractivity contribution is 0.410. The highest BCUT2D eigenvalue weighted by molar-refractivity contribution is 5.11. The van der Waals surface area contributed by atoms with Crippen LogP contribution in [0, 0.1) is 0 Å². The highest BCUT2D eigenvalue weighted by Crippen LogP contribution is 1.95. The molecule has 0 aliphatic rings. The van der Waals surface area contributed by atoms with E-state index in [0.29, 0.717) is 5.75 Å². The van der Waals surface area contributed by atoms with E-state index in [4.69, 9.17) is 4.74 Å². The number of nitrogens with zero attached hydrogens (tertiary/aromatic N) is 1. The Morgan fingerprint density at radius 3 is 2.67 bits per heavy atom. The van der Waals surface area contributed by atoms with Crippen LogP contribution < -0.4 is 10.3 Å². The standard InChI is InChI=1S/C5H8N2O2/c1-7-5(8)4(9-2)3-6-7/h3,6H,1-2H3. The molecular formula is C5H8N2O2. The van der Waals surface area contributed by atoms with Gasteiger partial charge >= 0.3 is 5.56 Å². The Morgan fingerprint density at radius 2 is 2.44 bits per heavy atom. The predicted octanol–water partition coefficient (Wildman–Crippen LogP) is -0.278. The first kappa shape index (κ1) is 5.94. The molecular weight excluding hydrogens is 120 g/mol. The molecule has 0 radical (unpaired) electrons. The smallest absolute Gasteiger partial charge is 0.308 e. The van der Waals surface area contributed by atoms with Gasteiger partial charge in [0, 0.05) is 7.05 Å². The molecule has 1 N–H and O–H groups in total. The van der Waals surface area contributed by atoms with E-state index in [0.717, 1.165) is 0 Å². The van der Waals surface area contributed by atoms with Crippen molar-refractivity contribution < 1.29 is 4.74 Å². The topological polar surface area (TPSA) is 47.0 Å². The molecule has 1 aromatic rings. The molecule has 1 rings (SSSR count). The second kappa shape index (κ2) is 1.97. The van der Waals surface area contributed by atoms with Gasteiger partial charge in [0.15, 0.2) is 0 Å². The molecule has 0 aliphatic heterocycles. The first-order chi connectivity index (χ1) is 4.25. The van der Waals surface area contributed by atoms with E-state index in [1.807, 2.05) is 0 Å². The third-order valence-corrected chi connectivity index (χ3v) is 1.12. The molecule has 9 heavy (non-hydrogen) atoms. The maximum Gasteiger partial charge on any atom is 0.308 e. The summed E-state index contributed by atoms with van der Waals surface area (Å²) >= 11 is 0. The van der Waals surface area contributed by atoms with Gasteiger partial charge in [-0.05, 0) is 0 Å². The molecule has 0 aliphatic carbocycles. The van der Waals surface area contributed by atoms with Crippen LogP contribution in [0.4, 0.5) is 0 Å². The molecule has 4 nitrogen and oxygen atoms in total. The van der Waals surface area contributed by atoms with Crippen molar-refractivity contribution in [2.75, 3.05) is 7.11 Å². The molecule has 1 aromatic heterocycles. The van der Waals surface area contributed by atoms with Crippen LogP contribution in [-0.2, 0) is 7.05 Å². The largest absolute Gasteiger partial charge is 0.490 e. The first-order valence-electron chi connectivity index (χ1n) is 2.54. The summed E-state index contributed by atoms with van der Waals surface area (Å²) in [4.78, 5) is 10.8. The van der Waals surface area contributed by atoms with Crippen LogP contribution >= 0.6 is 0 Å². The Balaban J connectivity index is 3.20. The van der Waals surface area contributed by atoms with E-state index in [1.54, 1.807) is 7.05 Å². The number of rotatable bonds is 1. The summed E-state index contributed by atoms with van der Waals surface area (Å²) in [7, 11) is 3.09. The van der Waals surface area contributed by atoms with Gasteiger partial charge < -0.3 is 4.74 Å². The number of hydrogen-bond donors (Lipinski definition) is 1. The minimum absolute atomic E-state index is 0.141. The van der Waals surface area contributed by atoms with Crippen molar-refractivity contribution in [3.63, 3.8) is 0 Å². The summed E-state index contributed by atoms with van der Waals surface area (Å²) in [5.74, 6) is 0.345. The predicted molar refractivity (Wildman–Crippen MR) is 32.6 cm³/mol. The molecule has 1 heterocycles. The zero-order chi connectivity index (χ0) is 6.85. The van der Waals surface area contributed by atoms with Gasteiger partial charge in [-0.2, -0.15) is 0 Å². The Bertz CT molecular complexity index is 248. The summed E-state index contributed by atoms with van der Waals surface area (Å²) in [5, 5.41) is 2.67. The summed E-state index contributed by atoms with van der Waals surface area (Å²) in [6, 6.07) is 0. The molecule has 0 saturated heterocycles. The highest BCUT2D eigenvalue weighted by atomic mass is 16.5. The van der Waals surface area contributed by atoms with Crippen LogP contribution in [0.15, 0.2) is 11.0 Å². The van der Waals surface area contributed by atoms with Gasteiger partial charge in [-0.15, -0.1) is 0 Å². The van der Waals surface area contributed by atoms with E-state index < -0.39 is 0 Å². The van der Waals surface area contributed by atoms with Crippen molar-refractivity contribution in [3.8, 4) is 5.75 Å². The molecule has 0 bridgehead atoms. The number of H-pyrrole nitrogens is 1. The van der Waals surface area contributed by atoms with Crippen molar-refractivity contribution in [2.45, 2.75) is 0 Å². The van der Waals surface area contributed by atoms with Crippen molar-refractivity contribution in [1.29, 1.82) is 0 Å². The molecule has 50 valence electrons. The number of nitrogens with one attached hydrogen (secondary N) is 1. The van der Waals surface area contributed by atoms with Gasteiger partial charge in [0.1, 0.15) is 0 Å². The molecule has 0 spiro atoms. The third-order valence-electron chi connectivity index (χ3n) is 1.12. The molecule has 0 amide bonds. The summed E-state index contributed by atoms with van der Waals surface area (Å²) < 4.78 is 6.05. The highest BCUT2D eigenvalue weighted by Gasteiger charge is 1.99. The number of aryl methyl sites for hydroxylation is 1. The Kier molecular flexibility index (Phi) is 1.30. The van der Waals surface area contributed by atoms with Crippen LogP contribution in [0.3, 0.4) is 0 Å². The minimum atomic E-state index is -0.141. The van der Waals surface area contributed by atoms with Crippen molar-refractivity contribution >= 4 is 0 Å². The Labute approximate surface area is 52.0 Å². The Hall–Kier alpha value is -1.19. The normalized spacial score (nSPS) is 9.56. The summed E-state index contributed by atoms with van der Waals surface area (Å²) in [6.45, 7) is 0. The van der Waals surface area contributed by atoms with E-state index in [1.165, 1.54) is 18.0 Å². The van der Waals surface area contributed by atoms with Crippen LogP contribution in [0.2, 0.25) is 0 Å². The summed E-state index contributed by atoms with van der Waals surface area (Å²) in [5.41, 5.74) is -0.141. The number of aromatic nitrogens is 2. The second-order valence-corrected chi connectivity index (χ2v) is 1.71. The lowest BCUT2D eigenvalue weighted by Crippen LogP contribution is -2.12. The van der Waals surface area contributed by atoms with Crippen LogP contribution in [-0.4, -0.2) is 16.9 Å². The minimum Gasteiger partial charge on any atom is -0.490 e. The molecule has 0 unspecified atom stereocenters. The van der Waals surface area contributed by atoms with Gasteiger partial charge in [0.2, 0.25) is 5.75 Å². The van der Waals surface area contributed by atoms with Gasteiger partial charge in [-0.3, -0.25) is 14.6 Å². The maximum atomic E-state index is 10.8. The first-order valence-corrected chi connectivity index (χ1v) is 2.54. The van der Waals surface area contributed by atoms with E-state index in [9.17, 15) is 4.79 Å². The van der Waals surface area contributed by atoms with Crippen LogP contribution in [0.25, 0.3) is 0 Å². The average molecular weight is 128 g/mol. The fourth-order valence-corrected chi connectivity index (χ4v) is 0.587. The molecule has 0 fully saturated rings. The van der Waals surface area contributed by atoms with E-state index in [2.05, 4.69) is 5.10 Å². The zero-order valence-electron chi connectivity index (χ0n) is 5.34. The number of hydrogen-bond acceptors (Lipinski definition) is 2. The van der Waals surface area contributed by atoms with E-state index in [-0.39, 0.29) is 5.56 Å². The van der Waals surface area contributed by atoms with E-state index >= 15 is 0 Å². The zero-order valence-corrected chi connectivity index (χ0v) is 5.34. The average Bonchev–Trinajstić information content (AvgIpc) is 2.15. The van der Waals surface area contributed by atoms with Gasteiger partial charge in [0.25, 0.3) is 0 Å². The van der Waals surface area contributed by atoms with Gasteiger partial charge in [-0.25, -0.2) is 0 Å². The van der Waals surface area contributed by atoms with Gasteiger partial charge in [0.05, 0.1) is 13.3 Å². The van der Waals surface area contributed by atoms with Crippen molar-refractivity contribution in [2.24, 2.45) is 7.05 Å². The number of ether oxygens (including phenoxy) is 1.